The van der Waals surface area contributed by atoms with E-state index in [-0.39, 0.29) is 12.2 Å². The van der Waals surface area contributed by atoms with Crippen molar-refractivity contribution < 1.29 is 9.53 Å². The summed E-state index contributed by atoms with van der Waals surface area (Å²) >= 11 is 0. The normalized spacial score (nSPS) is 12.4. The Morgan fingerprint density at radius 1 is 1.59 bits per heavy atom. The molecule has 0 aliphatic carbocycles. The number of nitrogens with zero attached hydrogens (tertiary/aromatic N) is 1. The average molecular weight is 237 g/mol. The standard InChI is InChI=1S/C12H19N3O2/c1-17-7-3-5-10(13)11(16)8-9-4-2-6-15-12(9)14/h2,4,6,10H,3,5,7-8,13H2,1H3,(H2,14,15). The molecule has 17 heavy (non-hydrogen) atoms. The molecule has 0 aliphatic heterocycles. The molecule has 0 radical (unpaired) electrons. The van der Waals surface area contributed by atoms with Gasteiger partial charge in [0.15, 0.2) is 5.78 Å². The zero-order valence-corrected chi connectivity index (χ0v) is 10.1. The second-order valence-corrected chi connectivity index (χ2v) is 3.93. The van der Waals surface area contributed by atoms with E-state index in [0.29, 0.717) is 18.8 Å². The lowest BCUT2D eigenvalue weighted by Crippen LogP contribution is -2.32. The second kappa shape index (κ2) is 6.98. The van der Waals surface area contributed by atoms with E-state index in [1.54, 1.807) is 25.4 Å². The number of Topliss-reactive ketones (excluding diaryl/α,β-unsaturated/α-hetero) is 1. The molecule has 0 saturated carbocycles. The van der Waals surface area contributed by atoms with Crippen LogP contribution in [0.25, 0.3) is 0 Å². The van der Waals surface area contributed by atoms with Crippen LogP contribution in [-0.2, 0) is 16.0 Å². The van der Waals surface area contributed by atoms with E-state index in [4.69, 9.17) is 16.2 Å². The topological polar surface area (TPSA) is 91.2 Å². The molecule has 1 heterocycles. The molecule has 0 aliphatic rings. The van der Waals surface area contributed by atoms with Gasteiger partial charge in [-0.05, 0) is 18.9 Å². The van der Waals surface area contributed by atoms with Crippen LogP contribution in [-0.4, -0.2) is 30.5 Å². The largest absolute Gasteiger partial charge is 0.385 e. The maximum Gasteiger partial charge on any atom is 0.154 e. The third-order valence-electron chi connectivity index (χ3n) is 2.57. The molecule has 0 amide bonds. The highest BCUT2D eigenvalue weighted by Crippen LogP contribution is 2.10. The first-order valence-electron chi connectivity index (χ1n) is 5.61. The summed E-state index contributed by atoms with van der Waals surface area (Å²) < 4.78 is 4.91. The minimum absolute atomic E-state index is 0.0131. The second-order valence-electron chi connectivity index (χ2n) is 3.93. The molecule has 1 aromatic heterocycles. The van der Waals surface area contributed by atoms with Gasteiger partial charge < -0.3 is 16.2 Å². The number of nitrogens with two attached hydrogens (primary N) is 2. The molecule has 1 atom stereocenters. The zero-order valence-electron chi connectivity index (χ0n) is 10.1. The number of aromatic nitrogens is 1. The molecule has 1 unspecified atom stereocenters. The van der Waals surface area contributed by atoms with E-state index in [1.165, 1.54) is 0 Å². The van der Waals surface area contributed by atoms with Crippen LogP contribution in [0.15, 0.2) is 18.3 Å². The van der Waals surface area contributed by atoms with Crippen molar-refractivity contribution in [2.24, 2.45) is 5.73 Å². The number of nitrogen functional groups attached to an aromatic ring is 1. The van der Waals surface area contributed by atoms with E-state index in [2.05, 4.69) is 4.98 Å². The van der Waals surface area contributed by atoms with Crippen LogP contribution in [0.3, 0.4) is 0 Å². The van der Waals surface area contributed by atoms with Gasteiger partial charge in [-0.1, -0.05) is 6.07 Å². The van der Waals surface area contributed by atoms with Crippen molar-refractivity contribution in [1.29, 1.82) is 0 Å². The van der Waals surface area contributed by atoms with Crippen LogP contribution in [0.4, 0.5) is 5.82 Å². The molecule has 94 valence electrons. The molecule has 5 heteroatoms. The number of methoxy groups -OCH3 is 1. The monoisotopic (exact) mass is 237 g/mol. The van der Waals surface area contributed by atoms with Crippen molar-refractivity contribution >= 4 is 11.6 Å². The predicted octanol–water partition coefficient (Wildman–Crippen LogP) is 0.529. The molecule has 5 nitrogen and oxygen atoms in total. The molecular weight excluding hydrogens is 218 g/mol. The van der Waals surface area contributed by atoms with Crippen molar-refractivity contribution in [1.82, 2.24) is 4.98 Å². The summed E-state index contributed by atoms with van der Waals surface area (Å²) in [5, 5.41) is 0. The Bertz CT molecular complexity index is 369. The summed E-state index contributed by atoms with van der Waals surface area (Å²) in [6, 6.07) is 3.10. The fourth-order valence-electron chi connectivity index (χ4n) is 1.53. The van der Waals surface area contributed by atoms with Gasteiger partial charge in [-0.3, -0.25) is 4.79 Å². The molecule has 0 fully saturated rings. The summed E-state index contributed by atoms with van der Waals surface area (Å²) in [7, 11) is 1.63. The zero-order chi connectivity index (χ0) is 12.7. The van der Waals surface area contributed by atoms with Gasteiger partial charge in [0.05, 0.1) is 6.04 Å². The predicted molar refractivity (Wildman–Crippen MR) is 66.4 cm³/mol. The molecule has 4 N–H and O–H groups in total. The highest BCUT2D eigenvalue weighted by atomic mass is 16.5. The van der Waals surface area contributed by atoms with Crippen molar-refractivity contribution in [3.05, 3.63) is 23.9 Å². The van der Waals surface area contributed by atoms with Gasteiger partial charge >= 0.3 is 0 Å². The SMILES string of the molecule is COCCCC(N)C(=O)Cc1cccnc1N. The molecule has 0 saturated heterocycles. The maximum absolute atomic E-state index is 11.8. The van der Waals surface area contributed by atoms with Crippen molar-refractivity contribution in [2.45, 2.75) is 25.3 Å². The lowest BCUT2D eigenvalue weighted by atomic mass is 10.0. The van der Waals surface area contributed by atoms with Gasteiger partial charge in [0, 0.05) is 31.9 Å². The maximum atomic E-state index is 11.8. The number of ether oxygens (including phenoxy) is 1. The lowest BCUT2D eigenvalue weighted by Gasteiger charge is -2.10. The smallest absolute Gasteiger partial charge is 0.154 e. The van der Waals surface area contributed by atoms with Crippen molar-refractivity contribution in [2.75, 3.05) is 19.5 Å². The van der Waals surface area contributed by atoms with E-state index < -0.39 is 6.04 Å². The Labute approximate surface area is 101 Å². The molecule has 0 bridgehead atoms. The fourth-order valence-corrected chi connectivity index (χ4v) is 1.53. The van der Waals surface area contributed by atoms with Crippen LogP contribution < -0.4 is 11.5 Å². The van der Waals surface area contributed by atoms with Crippen molar-refractivity contribution in [3.8, 4) is 0 Å². The summed E-state index contributed by atoms with van der Waals surface area (Å²) in [4.78, 5) is 15.7. The molecule has 1 aromatic rings. The van der Waals surface area contributed by atoms with Gasteiger partial charge in [0.25, 0.3) is 0 Å². The van der Waals surface area contributed by atoms with Gasteiger partial charge in [-0.25, -0.2) is 4.98 Å². The number of pyridine rings is 1. The summed E-state index contributed by atoms with van der Waals surface area (Å²) in [5.41, 5.74) is 12.2. The van der Waals surface area contributed by atoms with Gasteiger partial charge in [0.1, 0.15) is 5.82 Å². The van der Waals surface area contributed by atoms with Crippen molar-refractivity contribution in [3.63, 3.8) is 0 Å². The number of carbonyl (C=O) groups excluding carboxylic acids is 1. The number of hydrogen-bond acceptors (Lipinski definition) is 5. The summed E-state index contributed by atoms with van der Waals surface area (Å²) in [6.45, 7) is 0.621. The molecule has 0 aromatic carbocycles. The van der Waals surface area contributed by atoms with Gasteiger partial charge in [-0.2, -0.15) is 0 Å². The van der Waals surface area contributed by atoms with Crippen LogP contribution >= 0.6 is 0 Å². The Hall–Kier alpha value is -1.46. The Morgan fingerprint density at radius 3 is 3.00 bits per heavy atom. The highest BCUT2D eigenvalue weighted by Gasteiger charge is 2.14. The average Bonchev–Trinajstić information content (AvgIpc) is 2.32. The number of carbonyl (C=O) groups is 1. The lowest BCUT2D eigenvalue weighted by molar-refractivity contribution is -0.119. The minimum Gasteiger partial charge on any atom is -0.385 e. The molecule has 1 rings (SSSR count). The molecular formula is C12H19N3O2. The first-order chi connectivity index (χ1) is 8.15. The van der Waals surface area contributed by atoms with E-state index in [0.717, 1.165) is 12.0 Å². The van der Waals surface area contributed by atoms with Crippen LogP contribution in [0, 0.1) is 0 Å². The third kappa shape index (κ3) is 4.50. The third-order valence-corrected chi connectivity index (χ3v) is 2.57. The Balaban J connectivity index is 2.46. The minimum atomic E-state index is -0.454. The van der Waals surface area contributed by atoms with Crippen LogP contribution in [0.1, 0.15) is 18.4 Å². The summed E-state index contributed by atoms with van der Waals surface area (Å²) in [6.07, 6.45) is 3.26. The Morgan fingerprint density at radius 2 is 2.35 bits per heavy atom. The Kier molecular flexibility index (Phi) is 5.59. The van der Waals surface area contributed by atoms with E-state index in [1.807, 2.05) is 0 Å². The van der Waals surface area contributed by atoms with E-state index >= 15 is 0 Å². The van der Waals surface area contributed by atoms with Crippen LogP contribution in [0.2, 0.25) is 0 Å². The highest BCUT2D eigenvalue weighted by molar-refractivity contribution is 5.86. The molecule has 0 spiro atoms. The fraction of sp³-hybridized carbons (Fsp3) is 0.500. The first kappa shape index (κ1) is 13.6. The first-order valence-corrected chi connectivity index (χ1v) is 5.61. The number of hydrogen-bond donors (Lipinski definition) is 2. The number of ketones is 1. The van der Waals surface area contributed by atoms with Crippen LogP contribution in [0.5, 0.6) is 0 Å². The van der Waals surface area contributed by atoms with Gasteiger partial charge in [0.2, 0.25) is 0 Å². The van der Waals surface area contributed by atoms with Gasteiger partial charge in [-0.15, -0.1) is 0 Å². The number of anilines is 1. The quantitative estimate of drug-likeness (QED) is 0.675. The number of rotatable bonds is 7. The summed E-state index contributed by atoms with van der Waals surface area (Å²) in [5.74, 6) is 0.380. The van der Waals surface area contributed by atoms with E-state index in [9.17, 15) is 4.79 Å².